The van der Waals surface area contributed by atoms with Crippen LogP contribution in [-0.2, 0) is 0 Å². The van der Waals surface area contributed by atoms with Gasteiger partial charge in [-0.05, 0) is 24.3 Å². The molecule has 0 spiro atoms. The summed E-state index contributed by atoms with van der Waals surface area (Å²) < 4.78 is 0. The average Bonchev–Trinajstić information content (AvgIpc) is 2.47. The summed E-state index contributed by atoms with van der Waals surface area (Å²) in [6, 6.07) is 18.0. The van der Waals surface area contributed by atoms with Gasteiger partial charge in [-0.2, -0.15) is 0 Å². The van der Waals surface area contributed by atoms with Crippen molar-refractivity contribution in [2.24, 2.45) is 10.7 Å². The molecule has 0 radical (unpaired) electrons. The van der Waals surface area contributed by atoms with Crippen molar-refractivity contribution in [2.75, 3.05) is 5.75 Å². The van der Waals surface area contributed by atoms with Crippen molar-refractivity contribution in [3.63, 3.8) is 0 Å². The van der Waals surface area contributed by atoms with E-state index in [1.807, 2.05) is 60.3 Å². The Morgan fingerprint density at radius 1 is 1.05 bits per heavy atom. The van der Waals surface area contributed by atoms with Gasteiger partial charge in [-0.3, -0.25) is 0 Å². The fraction of sp³-hybridized carbons (Fsp3) is 0.188. The van der Waals surface area contributed by atoms with Crippen LogP contribution in [0.15, 0.2) is 64.5 Å². The number of amidine groups is 1. The zero-order valence-electron chi connectivity index (χ0n) is 11.0. The van der Waals surface area contributed by atoms with E-state index in [2.05, 4.69) is 18.0 Å². The molecule has 0 aliphatic heterocycles. The second kappa shape index (κ2) is 7.00. The normalized spacial score (nSPS) is 11.5. The van der Waals surface area contributed by atoms with E-state index < -0.39 is 0 Å². The van der Waals surface area contributed by atoms with Crippen LogP contribution in [0.25, 0.3) is 0 Å². The Morgan fingerprint density at radius 2 is 1.74 bits per heavy atom. The summed E-state index contributed by atoms with van der Waals surface area (Å²) in [5.41, 5.74) is 7.97. The largest absolute Gasteiger partial charge is 0.383 e. The Balaban J connectivity index is 2.27. The summed E-state index contributed by atoms with van der Waals surface area (Å²) in [5.74, 6) is 1.66. The third-order valence-corrected chi connectivity index (χ3v) is 3.91. The van der Waals surface area contributed by atoms with E-state index in [4.69, 9.17) is 5.73 Å². The summed E-state index contributed by atoms with van der Waals surface area (Å²) in [7, 11) is 0. The number of hydrogen-bond donors (Lipinski definition) is 1. The van der Waals surface area contributed by atoms with Crippen LogP contribution in [0.5, 0.6) is 0 Å². The molecule has 0 fully saturated rings. The molecule has 2 N–H and O–H groups in total. The number of para-hydroxylation sites is 1. The topological polar surface area (TPSA) is 38.4 Å². The van der Waals surface area contributed by atoms with E-state index in [0.717, 1.165) is 23.4 Å². The lowest BCUT2D eigenvalue weighted by molar-refractivity contribution is 1.10. The quantitative estimate of drug-likeness (QED) is 0.502. The van der Waals surface area contributed by atoms with Crippen LogP contribution in [0, 0.1) is 0 Å². The molecule has 2 aromatic carbocycles. The highest BCUT2D eigenvalue weighted by Crippen LogP contribution is 2.29. The van der Waals surface area contributed by atoms with Gasteiger partial charge in [-0.1, -0.05) is 49.4 Å². The monoisotopic (exact) mass is 270 g/mol. The lowest BCUT2D eigenvalue weighted by Gasteiger charge is -2.06. The maximum absolute atomic E-state index is 6.07. The molecule has 0 aromatic heterocycles. The van der Waals surface area contributed by atoms with Gasteiger partial charge in [0.05, 0.1) is 5.69 Å². The van der Waals surface area contributed by atoms with Gasteiger partial charge in [0.15, 0.2) is 0 Å². The molecule has 2 aromatic rings. The molecule has 2 rings (SSSR count). The van der Waals surface area contributed by atoms with Gasteiger partial charge in [0, 0.05) is 10.5 Å². The Labute approximate surface area is 118 Å². The maximum atomic E-state index is 6.07. The SMILES string of the molecule is CCCSc1ccccc1N=C(N)c1ccccc1. The molecule has 0 unspecified atom stereocenters. The molecule has 3 heteroatoms. The highest BCUT2D eigenvalue weighted by Gasteiger charge is 2.03. The summed E-state index contributed by atoms with van der Waals surface area (Å²) in [5, 5.41) is 0. The third-order valence-electron chi connectivity index (χ3n) is 2.64. The van der Waals surface area contributed by atoms with Crippen LogP contribution < -0.4 is 5.73 Å². The first-order valence-corrected chi connectivity index (χ1v) is 7.41. The fourth-order valence-electron chi connectivity index (χ4n) is 1.69. The predicted octanol–water partition coefficient (Wildman–Crippen LogP) is 4.23. The Hall–Kier alpha value is -1.74. The van der Waals surface area contributed by atoms with E-state index in [1.54, 1.807) is 0 Å². The Bertz CT molecular complexity index is 550. The van der Waals surface area contributed by atoms with E-state index in [-0.39, 0.29) is 0 Å². The van der Waals surface area contributed by atoms with Crippen molar-refractivity contribution in [2.45, 2.75) is 18.2 Å². The van der Waals surface area contributed by atoms with Crippen LogP contribution >= 0.6 is 11.8 Å². The molecule has 19 heavy (non-hydrogen) atoms. The van der Waals surface area contributed by atoms with E-state index in [1.165, 1.54) is 4.90 Å². The fourth-order valence-corrected chi connectivity index (χ4v) is 2.55. The predicted molar refractivity (Wildman–Crippen MR) is 84.3 cm³/mol. The first-order valence-electron chi connectivity index (χ1n) is 6.42. The van der Waals surface area contributed by atoms with Gasteiger partial charge in [0.25, 0.3) is 0 Å². The first kappa shape index (κ1) is 13.7. The lowest BCUT2D eigenvalue weighted by Crippen LogP contribution is -2.12. The Morgan fingerprint density at radius 3 is 2.47 bits per heavy atom. The van der Waals surface area contributed by atoms with Gasteiger partial charge in [-0.15, -0.1) is 11.8 Å². The van der Waals surface area contributed by atoms with Gasteiger partial charge in [0.2, 0.25) is 0 Å². The standard InChI is InChI=1S/C16H18N2S/c1-2-12-19-15-11-7-6-10-14(15)18-16(17)13-8-4-3-5-9-13/h3-11H,2,12H2,1H3,(H2,17,18). The van der Waals surface area contributed by atoms with Crippen molar-refractivity contribution in [3.05, 3.63) is 60.2 Å². The molecule has 0 atom stereocenters. The van der Waals surface area contributed by atoms with Crippen molar-refractivity contribution in [1.29, 1.82) is 0 Å². The van der Waals surface area contributed by atoms with Gasteiger partial charge < -0.3 is 5.73 Å². The molecule has 0 aliphatic carbocycles. The van der Waals surface area contributed by atoms with Crippen LogP contribution in [0.1, 0.15) is 18.9 Å². The molecular weight excluding hydrogens is 252 g/mol. The highest BCUT2D eigenvalue weighted by molar-refractivity contribution is 7.99. The third kappa shape index (κ3) is 3.86. The van der Waals surface area contributed by atoms with Crippen molar-refractivity contribution >= 4 is 23.3 Å². The van der Waals surface area contributed by atoms with Crippen molar-refractivity contribution in [1.82, 2.24) is 0 Å². The Kier molecular flexibility index (Phi) is 5.04. The summed E-state index contributed by atoms with van der Waals surface area (Å²) in [4.78, 5) is 5.74. The molecule has 0 bridgehead atoms. The van der Waals surface area contributed by atoms with Crippen LogP contribution in [0.2, 0.25) is 0 Å². The van der Waals surface area contributed by atoms with Gasteiger partial charge in [0.1, 0.15) is 5.84 Å². The number of nitrogens with zero attached hydrogens (tertiary/aromatic N) is 1. The molecule has 0 heterocycles. The molecule has 0 saturated carbocycles. The van der Waals surface area contributed by atoms with Crippen LogP contribution in [0.4, 0.5) is 5.69 Å². The van der Waals surface area contributed by atoms with E-state index >= 15 is 0 Å². The second-order valence-corrected chi connectivity index (χ2v) is 5.32. The zero-order chi connectivity index (χ0) is 13.5. The van der Waals surface area contributed by atoms with E-state index in [0.29, 0.717) is 5.84 Å². The maximum Gasteiger partial charge on any atom is 0.131 e. The number of hydrogen-bond acceptors (Lipinski definition) is 2. The van der Waals surface area contributed by atoms with Gasteiger partial charge >= 0.3 is 0 Å². The summed E-state index contributed by atoms with van der Waals surface area (Å²) >= 11 is 1.82. The number of nitrogens with two attached hydrogens (primary N) is 1. The number of rotatable bonds is 5. The van der Waals surface area contributed by atoms with Crippen LogP contribution in [-0.4, -0.2) is 11.6 Å². The number of aliphatic imine (C=N–C) groups is 1. The lowest BCUT2D eigenvalue weighted by atomic mass is 10.2. The molecular formula is C16H18N2S. The minimum absolute atomic E-state index is 0.560. The number of thioether (sulfide) groups is 1. The molecule has 0 saturated heterocycles. The summed E-state index contributed by atoms with van der Waals surface area (Å²) in [6.45, 7) is 2.18. The minimum atomic E-state index is 0.560. The van der Waals surface area contributed by atoms with E-state index in [9.17, 15) is 0 Å². The van der Waals surface area contributed by atoms with Gasteiger partial charge in [-0.25, -0.2) is 4.99 Å². The average molecular weight is 270 g/mol. The van der Waals surface area contributed by atoms with Crippen molar-refractivity contribution in [3.8, 4) is 0 Å². The van der Waals surface area contributed by atoms with Crippen molar-refractivity contribution < 1.29 is 0 Å². The molecule has 98 valence electrons. The highest BCUT2D eigenvalue weighted by atomic mass is 32.2. The molecule has 2 nitrogen and oxygen atoms in total. The first-order chi connectivity index (χ1) is 9.31. The zero-order valence-corrected chi connectivity index (χ0v) is 11.9. The molecule has 0 aliphatic rings. The second-order valence-electron chi connectivity index (χ2n) is 4.18. The number of benzene rings is 2. The molecule has 0 amide bonds. The van der Waals surface area contributed by atoms with Crippen LogP contribution in [0.3, 0.4) is 0 Å². The minimum Gasteiger partial charge on any atom is -0.383 e. The smallest absolute Gasteiger partial charge is 0.131 e. The summed E-state index contributed by atoms with van der Waals surface area (Å²) in [6.07, 6.45) is 1.15.